The Kier molecular flexibility index (Phi) is 1.77. The van der Waals surface area contributed by atoms with Crippen LogP contribution in [0.1, 0.15) is 26.2 Å². The van der Waals surface area contributed by atoms with Crippen LogP contribution in [0.3, 0.4) is 0 Å². The summed E-state index contributed by atoms with van der Waals surface area (Å²) in [6.45, 7) is 6.24. The van der Waals surface area contributed by atoms with Crippen LogP contribution >= 0.6 is 0 Å². The van der Waals surface area contributed by atoms with Crippen molar-refractivity contribution in [1.29, 1.82) is 0 Å². The van der Waals surface area contributed by atoms with Crippen molar-refractivity contribution in [2.24, 2.45) is 5.92 Å². The average Bonchev–Trinajstić information content (AvgIpc) is 2.77. The molecule has 0 aromatic heterocycles. The van der Waals surface area contributed by atoms with Gasteiger partial charge in [-0.25, -0.2) is 0 Å². The summed E-state index contributed by atoms with van der Waals surface area (Å²) in [5.74, 6) is 0.622. The molecule has 0 aromatic rings. The third-order valence-electron chi connectivity index (χ3n) is 3.29. The molecule has 2 unspecified atom stereocenters. The van der Waals surface area contributed by atoms with Crippen LogP contribution in [-0.2, 0) is 4.74 Å². The zero-order valence-corrected chi connectivity index (χ0v) is 7.55. The van der Waals surface area contributed by atoms with Crippen LogP contribution in [0.2, 0.25) is 0 Å². The molecule has 2 nitrogen and oxygen atoms in total. The molecule has 2 aliphatic rings. The predicted octanol–water partition coefficient (Wildman–Crippen LogP) is 1.49. The van der Waals surface area contributed by atoms with Crippen LogP contribution in [0.25, 0.3) is 0 Å². The number of hydrogen-bond donors (Lipinski definition) is 1. The minimum Gasteiger partial charge on any atom is -0.393 e. The van der Waals surface area contributed by atoms with Crippen molar-refractivity contribution in [3.05, 3.63) is 12.2 Å². The van der Waals surface area contributed by atoms with Gasteiger partial charge in [-0.15, -0.1) is 0 Å². The lowest BCUT2D eigenvalue weighted by Crippen LogP contribution is -2.27. The monoisotopic (exact) mass is 168 g/mol. The molecule has 1 heterocycles. The lowest BCUT2D eigenvalue weighted by atomic mass is 9.79. The smallest absolute Gasteiger partial charge is 0.118 e. The quantitative estimate of drug-likeness (QED) is 0.500. The van der Waals surface area contributed by atoms with Crippen LogP contribution in [0.4, 0.5) is 0 Å². The second-order valence-corrected chi connectivity index (χ2v) is 4.15. The normalized spacial score (nSPS) is 45.2. The summed E-state index contributed by atoms with van der Waals surface area (Å²) in [6, 6.07) is 0. The molecule has 1 saturated carbocycles. The Hall–Kier alpha value is -0.340. The number of epoxide rings is 1. The van der Waals surface area contributed by atoms with Gasteiger partial charge in [-0.3, -0.25) is 0 Å². The zero-order chi connectivity index (χ0) is 8.77. The molecule has 0 aromatic carbocycles. The van der Waals surface area contributed by atoms with Crippen LogP contribution in [-0.4, -0.2) is 23.4 Å². The Morgan fingerprint density at radius 2 is 2.50 bits per heavy atom. The number of hydrogen-bond acceptors (Lipinski definition) is 2. The van der Waals surface area contributed by atoms with Gasteiger partial charge in [0.25, 0.3) is 0 Å². The highest BCUT2D eigenvalue weighted by Crippen LogP contribution is 2.50. The Morgan fingerprint density at radius 3 is 3.00 bits per heavy atom. The van der Waals surface area contributed by atoms with E-state index in [1.54, 1.807) is 0 Å². The molecule has 2 rings (SSSR count). The van der Waals surface area contributed by atoms with Crippen molar-refractivity contribution >= 4 is 0 Å². The van der Waals surface area contributed by atoms with Crippen molar-refractivity contribution in [2.75, 3.05) is 6.61 Å². The van der Waals surface area contributed by atoms with Gasteiger partial charge in [0.15, 0.2) is 0 Å². The van der Waals surface area contributed by atoms with E-state index in [-0.39, 0.29) is 12.2 Å². The van der Waals surface area contributed by atoms with Gasteiger partial charge in [0.05, 0.1) is 12.7 Å². The first-order valence-electron chi connectivity index (χ1n) is 4.62. The van der Waals surface area contributed by atoms with Crippen LogP contribution in [0.15, 0.2) is 12.2 Å². The molecule has 2 heteroatoms. The lowest BCUT2D eigenvalue weighted by Gasteiger charge is -2.23. The summed E-state index contributed by atoms with van der Waals surface area (Å²) in [6.07, 6.45) is 3.52. The Labute approximate surface area is 73.2 Å². The maximum absolute atomic E-state index is 9.07. The van der Waals surface area contributed by atoms with Gasteiger partial charge < -0.3 is 9.84 Å². The molecule has 0 radical (unpaired) electrons. The van der Waals surface area contributed by atoms with E-state index in [9.17, 15) is 0 Å². The van der Waals surface area contributed by atoms with Gasteiger partial charge >= 0.3 is 0 Å². The molecule has 0 spiro atoms. The van der Waals surface area contributed by atoms with E-state index >= 15 is 0 Å². The van der Waals surface area contributed by atoms with E-state index in [4.69, 9.17) is 9.84 Å². The van der Waals surface area contributed by atoms with E-state index in [0.29, 0.717) is 12.0 Å². The van der Waals surface area contributed by atoms with Gasteiger partial charge in [-0.05, 0) is 32.1 Å². The third-order valence-corrected chi connectivity index (χ3v) is 3.29. The van der Waals surface area contributed by atoms with E-state index in [1.807, 2.05) is 0 Å². The summed E-state index contributed by atoms with van der Waals surface area (Å²) >= 11 is 0. The molecule has 0 amide bonds. The molecule has 2 fully saturated rings. The molecule has 0 bridgehead atoms. The number of aliphatic hydroxyl groups is 1. The van der Waals surface area contributed by atoms with Gasteiger partial charge in [0, 0.05) is 0 Å². The summed E-state index contributed by atoms with van der Waals surface area (Å²) in [5, 5.41) is 9.07. The van der Waals surface area contributed by atoms with E-state index < -0.39 is 0 Å². The number of aliphatic hydroxyl groups excluding tert-OH is 1. The fourth-order valence-electron chi connectivity index (χ4n) is 2.19. The van der Waals surface area contributed by atoms with Gasteiger partial charge in [-0.2, -0.15) is 0 Å². The highest BCUT2D eigenvalue weighted by molar-refractivity contribution is 5.11. The summed E-state index contributed by atoms with van der Waals surface area (Å²) in [7, 11) is 0. The Morgan fingerprint density at radius 1 is 1.75 bits per heavy atom. The summed E-state index contributed by atoms with van der Waals surface area (Å²) in [4.78, 5) is 0. The predicted molar refractivity (Wildman–Crippen MR) is 46.8 cm³/mol. The maximum Gasteiger partial charge on any atom is 0.118 e. The van der Waals surface area contributed by atoms with Crippen molar-refractivity contribution < 1.29 is 9.84 Å². The topological polar surface area (TPSA) is 32.8 Å². The van der Waals surface area contributed by atoms with Crippen molar-refractivity contribution in [3.8, 4) is 0 Å². The van der Waals surface area contributed by atoms with Crippen LogP contribution in [0.5, 0.6) is 0 Å². The average molecular weight is 168 g/mol. The molecular weight excluding hydrogens is 152 g/mol. The van der Waals surface area contributed by atoms with Crippen molar-refractivity contribution in [2.45, 2.75) is 37.9 Å². The number of ether oxygens (including phenoxy) is 1. The molecular formula is C10H16O2. The maximum atomic E-state index is 9.07. The molecule has 1 aliphatic carbocycles. The summed E-state index contributed by atoms with van der Waals surface area (Å²) < 4.78 is 5.50. The van der Waals surface area contributed by atoms with E-state index in [0.717, 1.165) is 19.3 Å². The fraction of sp³-hybridized carbons (Fsp3) is 0.800. The second-order valence-electron chi connectivity index (χ2n) is 4.15. The molecule has 1 N–H and O–H groups in total. The minimum atomic E-state index is -0.133. The zero-order valence-electron chi connectivity index (χ0n) is 7.55. The molecule has 12 heavy (non-hydrogen) atoms. The Balaban J connectivity index is 1.96. The number of rotatable bonds is 2. The van der Waals surface area contributed by atoms with Gasteiger partial charge in [0.2, 0.25) is 0 Å². The highest BCUT2D eigenvalue weighted by Gasteiger charge is 2.58. The third kappa shape index (κ3) is 1.10. The molecule has 68 valence electrons. The van der Waals surface area contributed by atoms with Crippen LogP contribution < -0.4 is 0 Å². The first kappa shape index (κ1) is 8.27. The lowest BCUT2D eigenvalue weighted by molar-refractivity contribution is 0.160. The van der Waals surface area contributed by atoms with Crippen molar-refractivity contribution in [3.63, 3.8) is 0 Å². The number of fused-ring (bicyclic) bond motifs is 1. The minimum absolute atomic E-state index is 0.133. The van der Waals surface area contributed by atoms with E-state index in [1.165, 1.54) is 5.57 Å². The summed E-state index contributed by atoms with van der Waals surface area (Å²) in [5.41, 5.74) is 1.13. The fourth-order valence-corrected chi connectivity index (χ4v) is 2.19. The first-order valence-corrected chi connectivity index (χ1v) is 4.62. The second kappa shape index (κ2) is 2.57. The Bertz CT molecular complexity index is 212. The van der Waals surface area contributed by atoms with Crippen LogP contribution in [0, 0.1) is 5.92 Å². The molecule has 3 atom stereocenters. The van der Waals surface area contributed by atoms with Gasteiger partial charge in [-0.1, -0.05) is 12.2 Å². The number of allylic oxidation sites excluding steroid dienone is 1. The molecule has 1 aliphatic heterocycles. The van der Waals surface area contributed by atoms with Crippen molar-refractivity contribution in [1.82, 2.24) is 0 Å². The van der Waals surface area contributed by atoms with Gasteiger partial charge in [0.1, 0.15) is 5.60 Å². The molecule has 1 saturated heterocycles. The SMILES string of the molecule is C=C(C)C1CC[C@@]2(CO)OC2C1. The standard InChI is InChI=1S/C10H16O2/c1-7(2)8-3-4-10(6-11)9(5-8)12-10/h8-9,11H,1,3-6H2,2H3/t8?,9?,10-/m0/s1. The highest BCUT2D eigenvalue weighted by atomic mass is 16.6. The first-order chi connectivity index (χ1) is 5.68. The van der Waals surface area contributed by atoms with E-state index in [2.05, 4.69) is 13.5 Å². The largest absolute Gasteiger partial charge is 0.393 e.